The first-order valence-corrected chi connectivity index (χ1v) is 8.73. The van der Waals surface area contributed by atoms with Gasteiger partial charge in [-0.05, 0) is 18.6 Å². The molecule has 138 valence electrons. The molecule has 2 rings (SSSR count). The first kappa shape index (κ1) is 19.7. The molecule has 0 aliphatic rings. The number of hydrogen-bond acceptors (Lipinski definition) is 4. The third-order valence-electron chi connectivity index (χ3n) is 3.89. The van der Waals surface area contributed by atoms with Crippen LogP contribution in [0.2, 0.25) is 0 Å². The molecule has 0 bridgehead atoms. The van der Waals surface area contributed by atoms with E-state index in [9.17, 15) is 4.79 Å². The van der Waals surface area contributed by atoms with Crippen molar-refractivity contribution in [2.24, 2.45) is 0 Å². The number of para-hydroxylation sites is 1. The van der Waals surface area contributed by atoms with E-state index >= 15 is 0 Å². The molecule has 1 amide bonds. The molecule has 0 aliphatic carbocycles. The number of aromatic nitrogens is 1. The fourth-order valence-corrected chi connectivity index (χ4v) is 2.62. The van der Waals surface area contributed by atoms with Crippen LogP contribution < -0.4 is 5.32 Å². The Kier molecular flexibility index (Phi) is 8.40. The molecule has 1 aromatic carbocycles. The molecular formula is C20H25N3O3. The summed E-state index contributed by atoms with van der Waals surface area (Å²) in [5.41, 5.74) is 2.03. The molecule has 1 aromatic heterocycles. The van der Waals surface area contributed by atoms with Crippen LogP contribution in [0.4, 0.5) is 0 Å². The normalized spacial score (nSPS) is 11.1. The molecule has 26 heavy (non-hydrogen) atoms. The SMILES string of the molecule is COCCOCCCNC(=O)/C=C/c1cn(CCC#N)c2ccccc12. The van der Waals surface area contributed by atoms with Crippen LogP contribution in [-0.4, -0.2) is 43.9 Å². The van der Waals surface area contributed by atoms with Crippen LogP contribution in [0, 0.1) is 11.3 Å². The van der Waals surface area contributed by atoms with E-state index in [1.54, 1.807) is 13.2 Å². The maximum atomic E-state index is 12.0. The second kappa shape index (κ2) is 11.1. The molecule has 0 atom stereocenters. The van der Waals surface area contributed by atoms with E-state index in [0.29, 0.717) is 39.3 Å². The zero-order chi connectivity index (χ0) is 18.6. The number of nitrogens with zero attached hydrogens (tertiary/aromatic N) is 2. The topological polar surface area (TPSA) is 76.3 Å². The van der Waals surface area contributed by atoms with Crippen molar-refractivity contribution < 1.29 is 14.3 Å². The molecule has 1 heterocycles. The Morgan fingerprint density at radius 3 is 2.96 bits per heavy atom. The Morgan fingerprint density at radius 2 is 2.15 bits per heavy atom. The van der Waals surface area contributed by atoms with Crippen molar-refractivity contribution in [2.75, 3.05) is 33.5 Å². The fraction of sp³-hybridized carbons (Fsp3) is 0.400. The minimum Gasteiger partial charge on any atom is -0.382 e. The zero-order valence-corrected chi connectivity index (χ0v) is 15.1. The number of fused-ring (bicyclic) bond motifs is 1. The first-order chi connectivity index (χ1) is 12.8. The molecular weight excluding hydrogens is 330 g/mol. The number of methoxy groups -OCH3 is 1. The molecule has 0 aliphatic heterocycles. The Bertz CT molecular complexity index is 774. The van der Waals surface area contributed by atoms with Crippen molar-refractivity contribution in [1.82, 2.24) is 9.88 Å². The van der Waals surface area contributed by atoms with Crippen molar-refractivity contribution >= 4 is 22.9 Å². The van der Waals surface area contributed by atoms with Crippen molar-refractivity contribution in [3.63, 3.8) is 0 Å². The summed E-state index contributed by atoms with van der Waals surface area (Å²) < 4.78 is 12.3. The number of hydrogen-bond donors (Lipinski definition) is 1. The van der Waals surface area contributed by atoms with Crippen LogP contribution in [0.5, 0.6) is 0 Å². The number of aryl methyl sites for hydroxylation is 1. The number of ether oxygens (including phenoxy) is 2. The van der Waals surface area contributed by atoms with Crippen LogP contribution in [-0.2, 0) is 20.8 Å². The van der Waals surface area contributed by atoms with E-state index in [2.05, 4.69) is 11.4 Å². The maximum absolute atomic E-state index is 12.0. The summed E-state index contributed by atoms with van der Waals surface area (Å²) in [7, 11) is 1.64. The van der Waals surface area contributed by atoms with Gasteiger partial charge in [0.1, 0.15) is 0 Å². The lowest BCUT2D eigenvalue weighted by atomic mass is 10.1. The van der Waals surface area contributed by atoms with Crippen molar-refractivity contribution in [1.29, 1.82) is 5.26 Å². The van der Waals surface area contributed by atoms with Gasteiger partial charge in [0.05, 0.1) is 25.7 Å². The number of benzene rings is 1. The van der Waals surface area contributed by atoms with E-state index < -0.39 is 0 Å². The van der Waals surface area contributed by atoms with Gasteiger partial charge < -0.3 is 19.4 Å². The standard InChI is InChI=1S/C20H25N3O3/c1-25-14-15-26-13-5-11-22-20(24)9-8-17-16-23(12-4-10-21)19-7-3-2-6-18(17)19/h2-3,6-9,16H,4-5,11-15H2,1H3,(H,22,24)/b9-8+. The number of nitriles is 1. The van der Waals surface area contributed by atoms with E-state index in [1.807, 2.05) is 41.1 Å². The van der Waals surface area contributed by atoms with Crippen LogP contribution in [0.25, 0.3) is 17.0 Å². The second-order valence-corrected chi connectivity index (χ2v) is 5.79. The summed E-state index contributed by atoms with van der Waals surface area (Å²) in [6, 6.07) is 10.1. The fourth-order valence-electron chi connectivity index (χ4n) is 2.62. The molecule has 6 nitrogen and oxygen atoms in total. The average Bonchev–Trinajstić information content (AvgIpc) is 3.02. The van der Waals surface area contributed by atoms with Crippen LogP contribution in [0.1, 0.15) is 18.4 Å². The molecule has 0 saturated heterocycles. The van der Waals surface area contributed by atoms with Gasteiger partial charge in [-0.1, -0.05) is 18.2 Å². The molecule has 0 saturated carbocycles. The predicted octanol–water partition coefficient (Wildman–Crippen LogP) is 2.74. The number of amides is 1. The third-order valence-corrected chi connectivity index (χ3v) is 3.89. The van der Waals surface area contributed by atoms with Crippen LogP contribution in [0.3, 0.4) is 0 Å². The molecule has 1 N–H and O–H groups in total. The summed E-state index contributed by atoms with van der Waals surface area (Å²) in [5, 5.41) is 12.7. The number of carbonyl (C=O) groups is 1. The van der Waals surface area contributed by atoms with Gasteiger partial charge >= 0.3 is 0 Å². The minimum atomic E-state index is -0.129. The van der Waals surface area contributed by atoms with E-state index in [1.165, 1.54) is 0 Å². The Labute approximate surface area is 154 Å². The van der Waals surface area contributed by atoms with E-state index in [4.69, 9.17) is 14.7 Å². The highest BCUT2D eigenvalue weighted by molar-refractivity contribution is 5.96. The summed E-state index contributed by atoms with van der Waals surface area (Å²) in [4.78, 5) is 12.0. The van der Waals surface area contributed by atoms with E-state index in [-0.39, 0.29) is 5.91 Å². The van der Waals surface area contributed by atoms with Gasteiger partial charge in [0.15, 0.2) is 0 Å². The molecule has 0 unspecified atom stereocenters. The average molecular weight is 355 g/mol. The van der Waals surface area contributed by atoms with E-state index in [0.717, 1.165) is 22.9 Å². The van der Waals surface area contributed by atoms with Gasteiger partial charge in [-0.2, -0.15) is 5.26 Å². The quantitative estimate of drug-likeness (QED) is 0.497. The summed E-state index contributed by atoms with van der Waals surface area (Å²) in [6.45, 7) is 2.96. The van der Waals surface area contributed by atoms with Crippen LogP contribution in [0.15, 0.2) is 36.5 Å². The monoisotopic (exact) mass is 355 g/mol. The molecule has 6 heteroatoms. The lowest BCUT2D eigenvalue weighted by molar-refractivity contribution is -0.116. The smallest absolute Gasteiger partial charge is 0.244 e. The zero-order valence-electron chi connectivity index (χ0n) is 15.1. The van der Waals surface area contributed by atoms with Gasteiger partial charge in [-0.25, -0.2) is 0 Å². The number of rotatable bonds is 11. The largest absolute Gasteiger partial charge is 0.382 e. The summed E-state index contributed by atoms with van der Waals surface area (Å²) >= 11 is 0. The van der Waals surface area contributed by atoms with Gasteiger partial charge in [-0.3, -0.25) is 4.79 Å². The van der Waals surface area contributed by atoms with Gasteiger partial charge in [0, 0.05) is 55.5 Å². The predicted molar refractivity (Wildman–Crippen MR) is 102 cm³/mol. The highest BCUT2D eigenvalue weighted by Gasteiger charge is 2.06. The first-order valence-electron chi connectivity index (χ1n) is 8.73. The van der Waals surface area contributed by atoms with Crippen molar-refractivity contribution in [3.8, 4) is 6.07 Å². The Morgan fingerprint density at radius 1 is 1.31 bits per heavy atom. The minimum absolute atomic E-state index is 0.129. The van der Waals surface area contributed by atoms with Crippen molar-refractivity contribution in [3.05, 3.63) is 42.1 Å². The maximum Gasteiger partial charge on any atom is 0.244 e. The molecule has 0 fully saturated rings. The summed E-state index contributed by atoms with van der Waals surface area (Å²) in [5.74, 6) is -0.129. The van der Waals surface area contributed by atoms with Gasteiger partial charge in [0.25, 0.3) is 0 Å². The highest BCUT2D eigenvalue weighted by atomic mass is 16.5. The molecule has 0 radical (unpaired) electrons. The van der Waals surface area contributed by atoms with Crippen molar-refractivity contribution in [2.45, 2.75) is 19.4 Å². The lowest BCUT2D eigenvalue weighted by Gasteiger charge is -2.04. The van der Waals surface area contributed by atoms with Gasteiger partial charge in [-0.15, -0.1) is 0 Å². The van der Waals surface area contributed by atoms with Crippen LogP contribution >= 0.6 is 0 Å². The highest BCUT2D eigenvalue weighted by Crippen LogP contribution is 2.22. The Hall–Kier alpha value is -2.62. The second-order valence-electron chi connectivity index (χ2n) is 5.79. The number of carbonyl (C=O) groups excluding carboxylic acids is 1. The Balaban J connectivity index is 1.87. The third kappa shape index (κ3) is 6.03. The number of nitrogens with one attached hydrogen (secondary N) is 1. The molecule has 0 spiro atoms. The summed E-state index contributed by atoms with van der Waals surface area (Å²) in [6.07, 6.45) is 6.55. The van der Waals surface area contributed by atoms with Gasteiger partial charge in [0.2, 0.25) is 5.91 Å². The molecule has 2 aromatic rings. The lowest BCUT2D eigenvalue weighted by Crippen LogP contribution is -2.23.